The molecule has 14 heteroatoms. The van der Waals surface area contributed by atoms with Crippen molar-refractivity contribution in [1.82, 2.24) is 0 Å². The van der Waals surface area contributed by atoms with Gasteiger partial charge in [0.05, 0.1) is 58.3 Å². The Labute approximate surface area is 312 Å². The summed E-state index contributed by atoms with van der Waals surface area (Å²) in [6.07, 6.45) is 29.9. The van der Waals surface area contributed by atoms with Crippen LogP contribution < -0.4 is 0 Å². The topological polar surface area (TPSA) is 164 Å². The van der Waals surface area contributed by atoms with Gasteiger partial charge in [-0.05, 0) is 12.8 Å². The molecular weight excluding hydrogens is 701 g/mol. The van der Waals surface area contributed by atoms with Gasteiger partial charge in [0.15, 0.2) is 0 Å². The van der Waals surface area contributed by atoms with E-state index in [4.69, 9.17) is 28.1 Å². The van der Waals surface area contributed by atoms with E-state index in [2.05, 4.69) is 22.2 Å². The zero-order chi connectivity index (χ0) is 37.8. The number of rotatable bonds is 42. The fourth-order valence-corrected chi connectivity index (χ4v) is 6.45. The Hall–Kier alpha value is -0.420. The third-order valence-corrected chi connectivity index (χ3v) is 9.77. The Morgan fingerprint density at radius 3 is 0.843 bits per heavy atom. The van der Waals surface area contributed by atoms with Crippen molar-refractivity contribution in [3.8, 4) is 0 Å². The second-order valence-corrected chi connectivity index (χ2v) is 16.2. The molecule has 0 aromatic heterocycles. The molecule has 0 spiro atoms. The molecule has 0 atom stereocenters. The molecule has 0 aromatic carbocycles. The van der Waals surface area contributed by atoms with E-state index in [0.717, 1.165) is 25.7 Å². The fraction of sp³-hybridized carbons (Fsp3) is 1.00. The van der Waals surface area contributed by atoms with Gasteiger partial charge in [0.1, 0.15) is 0 Å². The van der Waals surface area contributed by atoms with Gasteiger partial charge < -0.3 is 18.9 Å². The van der Waals surface area contributed by atoms with Crippen molar-refractivity contribution in [1.29, 1.82) is 0 Å². The maximum absolute atomic E-state index is 10.9. The molecule has 0 bridgehead atoms. The highest BCUT2D eigenvalue weighted by Crippen LogP contribution is 2.22. The van der Waals surface area contributed by atoms with E-state index in [9.17, 15) is 16.8 Å². The highest BCUT2D eigenvalue weighted by atomic mass is 32.3. The van der Waals surface area contributed by atoms with E-state index in [-0.39, 0.29) is 52.9 Å². The SMILES string of the molecule is CCCCCCCCCCCCCCOCC(COCCCCCCCCCCCCCC)(COCCOS(=O)(=O)O)COCCOS(=O)(=O)O. The fourth-order valence-electron chi connectivity index (χ4n) is 5.89. The number of hydrogen-bond donors (Lipinski definition) is 2. The molecule has 308 valence electrons. The van der Waals surface area contributed by atoms with Gasteiger partial charge in [-0.15, -0.1) is 0 Å². The molecule has 0 radical (unpaired) electrons. The van der Waals surface area contributed by atoms with Crippen molar-refractivity contribution < 1.29 is 53.3 Å². The highest BCUT2D eigenvalue weighted by molar-refractivity contribution is 7.81. The van der Waals surface area contributed by atoms with Crippen LogP contribution in [-0.4, -0.2) is 92.0 Å². The van der Waals surface area contributed by atoms with Gasteiger partial charge in [0, 0.05) is 13.2 Å². The molecule has 51 heavy (non-hydrogen) atoms. The van der Waals surface area contributed by atoms with Crippen LogP contribution in [0.5, 0.6) is 0 Å². The van der Waals surface area contributed by atoms with E-state index < -0.39 is 26.2 Å². The van der Waals surface area contributed by atoms with Gasteiger partial charge in [-0.25, -0.2) is 8.37 Å². The summed E-state index contributed by atoms with van der Waals surface area (Å²) in [7, 11) is -9.17. The maximum atomic E-state index is 10.9. The molecule has 0 aliphatic heterocycles. The molecule has 0 aliphatic rings. The van der Waals surface area contributed by atoms with Crippen molar-refractivity contribution in [2.24, 2.45) is 5.41 Å². The lowest BCUT2D eigenvalue weighted by molar-refractivity contribution is -0.111. The first-order chi connectivity index (χ1) is 24.5. The highest BCUT2D eigenvalue weighted by Gasteiger charge is 2.32. The van der Waals surface area contributed by atoms with Crippen LogP contribution in [0, 0.1) is 5.41 Å². The van der Waals surface area contributed by atoms with Crippen LogP contribution in [0.4, 0.5) is 0 Å². The van der Waals surface area contributed by atoms with Crippen molar-refractivity contribution in [3.05, 3.63) is 0 Å². The number of ether oxygens (including phenoxy) is 4. The van der Waals surface area contributed by atoms with Crippen LogP contribution in [0.1, 0.15) is 168 Å². The molecule has 2 N–H and O–H groups in total. The summed E-state index contributed by atoms with van der Waals surface area (Å²) < 4.78 is 93.9. The van der Waals surface area contributed by atoms with Crippen molar-refractivity contribution in [2.45, 2.75) is 168 Å². The minimum atomic E-state index is -4.58. The first kappa shape index (κ1) is 50.6. The lowest BCUT2D eigenvalue weighted by Gasteiger charge is -2.33. The van der Waals surface area contributed by atoms with Crippen LogP contribution in [-0.2, 0) is 48.1 Å². The van der Waals surface area contributed by atoms with Gasteiger partial charge in [-0.2, -0.15) is 16.8 Å². The lowest BCUT2D eigenvalue weighted by Crippen LogP contribution is -2.42. The summed E-state index contributed by atoms with van der Waals surface area (Å²) in [4.78, 5) is 0. The van der Waals surface area contributed by atoms with E-state index in [1.807, 2.05) is 0 Å². The zero-order valence-electron chi connectivity index (χ0n) is 32.3. The Balaban J connectivity index is 4.78. The van der Waals surface area contributed by atoms with E-state index in [0.29, 0.717) is 13.2 Å². The summed E-state index contributed by atoms with van der Waals surface area (Å²) in [6, 6.07) is 0. The average molecular weight is 777 g/mol. The molecule has 0 fully saturated rings. The van der Waals surface area contributed by atoms with E-state index >= 15 is 0 Å². The Morgan fingerprint density at radius 1 is 0.353 bits per heavy atom. The summed E-state index contributed by atoms with van der Waals surface area (Å²) in [6.45, 7) is 5.29. The van der Waals surface area contributed by atoms with Gasteiger partial charge in [-0.1, -0.05) is 155 Å². The quantitative estimate of drug-likeness (QED) is 0.0447. The average Bonchev–Trinajstić information content (AvgIpc) is 3.07. The molecule has 0 aromatic rings. The standard InChI is InChI=1S/C37H76O12S2/c1-3-5-7-9-11-13-15-17-19-21-23-25-27-44-33-37(35-46-29-31-48-50(38,39)40,36-47-30-32-49-51(41,42)43)34-45-28-26-24-22-20-18-16-14-12-10-8-6-4-2/h3-36H2,1-2H3,(H,38,39,40)(H,41,42,43). The second kappa shape index (κ2) is 35.3. The van der Waals surface area contributed by atoms with Crippen LogP contribution in [0.25, 0.3) is 0 Å². The van der Waals surface area contributed by atoms with Crippen LogP contribution in [0.2, 0.25) is 0 Å². The lowest BCUT2D eigenvalue weighted by atomic mass is 9.92. The molecule has 0 rings (SSSR count). The predicted octanol–water partition coefficient (Wildman–Crippen LogP) is 9.08. The summed E-state index contributed by atoms with van der Waals surface area (Å²) >= 11 is 0. The zero-order valence-corrected chi connectivity index (χ0v) is 34.0. The second-order valence-electron chi connectivity index (χ2n) is 14.0. The number of unbranched alkanes of at least 4 members (excludes halogenated alkanes) is 22. The monoisotopic (exact) mass is 776 g/mol. The molecule has 0 aliphatic carbocycles. The molecule has 12 nitrogen and oxygen atoms in total. The minimum Gasteiger partial charge on any atom is -0.381 e. The molecule has 0 heterocycles. The molecule has 0 saturated heterocycles. The molecule has 0 amide bonds. The van der Waals surface area contributed by atoms with Crippen LogP contribution >= 0.6 is 0 Å². The van der Waals surface area contributed by atoms with Crippen LogP contribution in [0.15, 0.2) is 0 Å². The van der Waals surface area contributed by atoms with E-state index in [1.165, 1.54) is 128 Å². The summed E-state index contributed by atoms with van der Waals surface area (Å²) in [5, 5.41) is 0. The minimum absolute atomic E-state index is 0.0812. The van der Waals surface area contributed by atoms with Gasteiger partial charge in [0.25, 0.3) is 0 Å². The normalized spacial score (nSPS) is 12.6. The first-order valence-electron chi connectivity index (χ1n) is 20.1. The largest absolute Gasteiger partial charge is 0.397 e. The molecule has 0 unspecified atom stereocenters. The maximum Gasteiger partial charge on any atom is 0.397 e. The van der Waals surface area contributed by atoms with Gasteiger partial charge in [-0.3, -0.25) is 9.11 Å². The van der Waals surface area contributed by atoms with E-state index in [1.54, 1.807) is 0 Å². The molecular formula is C37H76O12S2. The Kier molecular flexibility index (Phi) is 35.0. The first-order valence-corrected chi connectivity index (χ1v) is 22.8. The third-order valence-electron chi connectivity index (χ3n) is 8.84. The summed E-state index contributed by atoms with van der Waals surface area (Å²) in [5.74, 6) is 0. The Bertz CT molecular complexity index is 871. The Morgan fingerprint density at radius 2 is 0.588 bits per heavy atom. The third kappa shape index (κ3) is 39.1. The smallest absolute Gasteiger partial charge is 0.381 e. The van der Waals surface area contributed by atoms with Crippen LogP contribution in [0.3, 0.4) is 0 Å². The van der Waals surface area contributed by atoms with Crippen molar-refractivity contribution >= 4 is 20.8 Å². The predicted molar refractivity (Wildman–Crippen MR) is 203 cm³/mol. The van der Waals surface area contributed by atoms with Crippen molar-refractivity contribution in [3.63, 3.8) is 0 Å². The molecule has 0 saturated carbocycles. The van der Waals surface area contributed by atoms with Gasteiger partial charge in [0.2, 0.25) is 0 Å². The van der Waals surface area contributed by atoms with Crippen molar-refractivity contribution in [2.75, 3.05) is 66.1 Å². The van der Waals surface area contributed by atoms with Gasteiger partial charge >= 0.3 is 20.8 Å². The number of hydrogen-bond acceptors (Lipinski definition) is 10. The summed E-state index contributed by atoms with van der Waals surface area (Å²) in [5.41, 5.74) is -0.787.